The second-order valence-corrected chi connectivity index (χ2v) is 5.05. The average molecular weight is 323 g/mol. The van der Waals surface area contributed by atoms with Crippen molar-refractivity contribution >= 4 is 45.8 Å². The molecule has 0 aliphatic rings. The maximum atomic E-state index is 12.4. The van der Waals surface area contributed by atoms with Gasteiger partial charge in [-0.15, -0.1) is 0 Å². The van der Waals surface area contributed by atoms with Gasteiger partial charge in [-0.1, -0.05) is 0 Å². The number of nitrogens with one attached hydrogen (secondary N) is 1. The zero-order chi connectivity index (χ0) is 16.7. The van der Waals surface area contributed by atoms with E-state index in [0.29, 0.717) is 57.3 Å². The second-order valence-electron chi connectivity index (χ2n) is 5.05. The number of hydrogen-bond acceptors (Lipinski definition) is 6. The fourth-order valence-electron chi connectivity index (χ4n) is 2.76. The smallest absolute Gasteiger partial charge is 0.298 e. The molecule has 0 spiro atoms. The highest BCUT2D eigenvalue weighted by Crippen LogP contribution is 2.33. The van der Waals surface area contributed by atoms with E-state index < -0.39 is 0 Å². The van der Waals surface area contributed by atoms with Crippen molar-refractivity contribution in [1.82, 2.24) is 4.98 Å². The van der Waals surface area contributed by atoms with Crippen molar-refractivity contribution in [2.75, 3.05) is 0 Å². The number of aromatic amines is 1. The van der Waals surface area contributed by atoms with Crippen LogP contribution in [0.15, 0.2) is 45.6 Å². The van der Waals surface area contributed by atoms with Gasteiger partial charge in [0.2, 0.25) is 0 Å². The Kier molecular flexibility index (Phi) is 3.06. The first-order valence-electron chi connectivity index (χ1n) is 6.94. The third kappa shape index (κ3) is 2.03. The van der Waals surface area contributed by atoms with Gasteiger partial charge >= 0.3 is 0 Å². The lowest BCUT2D eigenvalue weighted by atomic mass is 10.1. The molecule has 2 aromatic heterocycles. The fraction of sp³-hybridized carbons (Fsp3) is 0. The third-order valence-corrected chi connectivity index (χ3v) is 3.74. The van der Waals surface area contributed by atoms with Crippen LogP contribution in [0.25, 0.3) is 32.8 Å². The van der Waals surface area contributed by atoms with Gasteiger partial charge in [-0.05, 0) is 24.3 Å². The topological polar surface area (TPSA) is 98.6 Å². The first-order valence-corrected chi connectivity index (χ1v) is 6.94. The Balaban J connectivity index is 2.07. The Morgan fingerprint density at radius 1 is 0.917 bits per heavy atom. The molecule has 0 amide bonds. The van der Waals surface area contributed by atoms with E-state index in [0.717, 1.165) is 0 Å². The summed E-state index contributed by atoms with van der Waals surface area (Å²) in [6.07, 6.45) is 0. The minimum Gasteiger partial charge on any atom is -0.455 e. The molecule has 0 radical (unpaired) electrons. The van der Waals surface area contributed by atoms with E-state index in [2.05, 4.69) is 4.98 Å². The zero-order valence-corrected chi connectivity index (χ0v) is 12.1. The molecule has 0 aliphatic heterocycles. The predicted octanol–water partition coefficient (Wildman–Crippen LogP) is 2.50. The van der Waals surface area contributed by atoms with Crippen LogP contribution in [0, 0.1) is 0 Å². The van der Waals surface area contributed by atoms with Gasteiger partial charge in [0.1, 0.15) is 22.7 Å². The van der Waals surface area contributed by atoms with Gasteiger partial charge < -0.3 is 18.9 Å². The summed E-state index contributed by atoms with van der Waals surface area (Å²) in [5.74, 6) is 0.629. The van der Waals surface area contributed by atoms with E-state index in [9.17, 15) is 14.4 Å². The van der Waals surface area contributed by atoms with Crippen molar-refractivity contribution in [3.8, 4) is 11.5 Å². The summed E-state index contributed by atoms with van der Waals surface area (Å²) >= 11 is 0. The Bertz CT molecular complexity index is 1170. The number of fused-ring (bicyclic) bond motifs is 5. The Morgan fingerprint density at radius 3 is 2.29 bits per heavy atom. The molecule has 0 fully saturated rings. The van der Waals surface area contributed by atoms with Gasteiger partial charge in [0.25, 0.3) is 18.5 Å². The van der Waals surface area contributed by atoms with Crippen LogP contribution in [-0.4, -0.2) is 17.9 Å². The Labute approximate surface area is 133 Å². The average Bonchev–Trinajstić information content (AvgIpc) is 2.94. The molecule has 24 heavy (non-hydrogen) atoms. The van der Waals surface area contributed by atoms with E-state index in [-0.39, 0.29) is 5.56 Å². The van der Waals surface area contributed by atoms with E-state index in [1.54, 1.807) is 36.4 Å². The van der Waals surface area contributed by atoms with Crippen molar-refractivity contribution in [2.45, 2.75) is 0 Å². The third-order valence-electron chi connectivity index (χ3n) is 3.74. The summed E-state index contributed by atoms with van der Waals surface area (Å²) in [4.78, 5) is 36.1. The summed E-state index contributed by atoms with van der Waals surface area (Å²) < 4.78 is 15.4. The van der Waals surface area contributed by atoms with E-state index in [4.69, 9.17) is 13.9 Å². The Morgan fingerprint density at radius 2 is 1.58 bits per heavy atom. The largest absolute Gasteiger partial charge is 0.455 e. The van der Waals surface area contributed by atoms with E-state index in [1.165, 1.54) is 0 Å². The molecule has 0 atom stereocenters. The number of carbonyl (C=O) groups excluding carboxylic acids is 2. The molecule has 0 bridgehead atoms. The molecule has 2 aromatic carbocycles. The Hall–Kier alpha value is -3.61. The quantitative estimate of drug-likeness (QED) is 0.579. The standard InChI is InChI=1S/C17H9NO6/c19-7-22-9-1-3-11-13(5-9)18-17(21)15-12-4-2-10(23-8-20)6-14(12)24-16(11)15/h1-8H,(H,18,21). The molecular formula is C17H9NO6. The van der Waals surface area contributed by atoms with Gasteiger partial charge in [-0.25, -0.2) is 0 Å². The van der Waals surface area contributed by atoms with Crippen LogP contribution in [0.3, 0.4) is 0 Å². The summed E-state index contributed by atoms with van der Waals surface area (Å²) in [6.45, 7) is 0.633. The first kappa shape index (κ1) is 14.0. The number of benzene rings is 2. The van der Waals surface area contributed by atoms with Gasteiger partial charge in [-0.2, -0.15) is 0 Å². The molecule has 118 valence electrons. The molecule has 4 rings (SSSR count). The first-order chi connectivity index (χ1) is 11.7. The van der Waals surface area contributed by atoms with Gasteiger partial charge in [0.05, 0.1) is 10.9 Å². The maximum absolute atomic E-state index is 12.4. The van der Waals surface area contributed by atoms with E-state index >= 15 is 0 Å². The normalized spacial score (nSPS) is 11.0. The molecule has 7 nitrogen and oxygen atoms in total. The highest BCUT2D eigenvalue weighted by atomic mass is 16.5. The minimum atomic E-state index is -0.330. The summed E-state index contributed by atoms with van der Waals surface area (Å²) in [6, 6.07) is 9.61. The summed E-state index contributed by atoms with van der Waals surface area (Å²) in [5, 5.41) is 1.68. The lowest BCUT2D eigenvalue weighted by molar-refractivity contribution is -0.121. The van der Waals surface area contributed by atoms with Crippen molar-refractivity contribution < 1.29 is 23.5 Å². The monoisotopic (exact) mass is 323 g/mol. The molecule has 7 heteroatoms. The maximum Gasteiger partial charge on any atom is 0.298 e. The van der Waals surface area contributed by atoms with Crippen molar-refractivity contribution in [3.05, 3.63) is 46.8 Å². The number of rotatable bonds is 4. The number of hydrogen-bond donors (Lipinski definition) is 1. The molecule has 0 saturated heterocycles. The highest BCUT2D eigenvalue weighted by Gasteiger charge is 2.15. The van der Waals surface area contributed by atoms with Crippen molar-refractivity contribution in [1.29, 1.82) is 0 Å². The van der Waals surface area contributed by atoms with Gasteiger partial charge in [0.15, 0.2) is 0 Å². The number of ether oxygens (including phenoxy) is 2. The fourth-order valence-corrected chi connectivity index (χ4v) is 2.76. The molecular weight excluding hydrogens is 314 g/mol. The highest BCUT2D eigenvalue weighted by molar-refractivity contribution is 6.13. The van der Waals surface area contributed by atoms with Crippen LogP contribution in [-0.2, 0) is 9.59 Å². The number of carbonyl (C=O) groups is 2. The molecule has 2 heterocycles. The van der Waals surface area contributed by atoms with Crippen LogP contribution in [0.5, 0.6) is 11.5 Å². The molecule has 0 saturated carbocycles. The van der Waals surface area contributed by atoms with Crippen LogP contribution < -0.4 is 15.0 Å². The van der Waals surface area contributed by atoms with Crippen LogP contribution >= 0.6 is 0 Å². The SMILES string of the molecule is O=COc1ccc2c(c1)[nH]c(=O)c1c3ccc(OC=O)cc3oc21. The molecule has 4 aromatic rings. The molecule has 0 aliphatic carbocycles. The summed E-state index contributed by atoms with van der Waals surface area (Å²) in [5.41, 5.74) is 0.985. The molecule has 0 unspecified atom stereocenters. The molecule has 1 N–H and O–H groups in total. The second kappa shape index (κ2) is 5.24. The lowest BCUT2D eigenvalue weighted by Gasteiger charge is -2.01. The zero-order valence-electron chi connectivity index (χ0n) is 12.1. The number of aromatic nitrogens is 1. The van der Waals surface area contributed by atoms with Crippen molar-refractivity contribution in [3.63, 3.8) is 0 Å². The van der Waals surface area contributed by atoms with E-state index in [1.807, 2.05) is 0 Å². The van der Waals surface area contributed by atoms with Crippen LogP contribution in [0.4, 0.5) is 0 Å². The van der Waals surface area contributed by atoms with Crippen molar-refractivity contribution in [2.24, 2.45) is 0 Å². The number of pyridine rings is 1. The van der Waals surface area contributed by atoms with Crippen LogP contribution in [0.1, 0.15) is 0 Å². The predicted molar refractivity (Wildman–Crippen MR) is 85.2 cm³/mol. The number of H-pyrrole nitrogens is 1. The van der Waals surface area contributed by atoms with Gasteiger partial charge in [-0.3, -0.25) is 14.4 Å². The van der Waals surface area contributed by atoms with Gasteiger partial charge in [0, 0.05) is 22.9 Å². The lowest BCUT2D eigenvalue weighted by Crippen LogP contribution is -2.05. The number of furan rings is 1. The van der Waals surface area contributed by atoms with Crippen LogP contribution in [0.2, 0.25) is 0 Å². The minimum absolute atomic E-state index is 0.310. The summed E-state index contributed by atoms with van der Waals surface area (Å²) in [7, 11) is 0.